The number of carboxylic acid groups (broad SMARTS) is 2. The third-order valence-corrected chi connectivity index (χ3v) is 4.15. The lowest BCUT2D eigenvalue weighted by atomic mass is 10.0. The van der Waals surface area contributed by atoms with Crippen molar-refractivity contribution in [1.29, 1.82) is 0 Å². The van der Waals surface area contributed by atoms with E-state index in [1.165, 1.54) is 0 Å². The van der Waals surface area contributed by atoms with Crippen LogP contribution in [-0.4, -0.2) is 67.9 Å². The molecule has 1 amide bonds. The molecule has 0 unspecified atom stereocenters. The van der Waals surface area contributed by atoms with Gasteiger partial charge in [0.2, 0.25) is 11.8 Å². The summed E-state index contributed by atoms with van der Waals surface area (Å²) in [5.74, 6) is -0.348. The van der Waals surface area contributed by atoms with E-state index in [1.807, 2.05) is 4.90 Å². The van der Waals surface area contributed by atoms with Gasteiger partial charge in [-0.15, -0.1) is 0 Å². The Kier molecular flexibility index (Phi) is 5.68. The predicted molar refractivity (Wildman–Crippen MR) is 90.6 cm³/mol. The molecule has 0 radical (unpaired) electrons. The summed E-state index contributed by atoms with van der Waals surface area (Å²) in [4.78, 5) is 36.6. The summed E-state index contributed by atoms with van der Waals surface area (Å²) in [7, 11) is 0. The molecule has 2 aromatic rings. The lowest BCUT2D eigenvalue weighted by molar-refractivity contribution is -0.159. The number of hydrogen-bond acceptors (Lipinski definition) is 9. The van der Waals surface area contributed by atoms with E-state index in [9.17, 15) is 4.79 Å². The van der Waals surface area contributed by atoms with Gasteiger partial charge in [-0.25, -0.2) is 9.59 Å². The number of nitrogens with zero attached hydrogens (tertiary/aromatic N) is 4. The molecule has 0 spiro atoms. The average molecular weight is 393 g/mol. The van der Waals surface area contributed by atoms with E-state index in [-0.39, 0.29) is 11.8 Å². The van der Waals surface area contributed by atoms with E-state index in [2.05, 4.69) is 20.6 Å². The number of hydrogen-bond donors (Lipinski definition) is 3. The minimum Gasteiger partial charge on any atom is -0.473 e. The number of aryl methyl sites for hydroxylation is 1. The fourth-order valence-corrected chi connectivity index (χ4v) is 2.59. The first kappa shape index (κ1) is 19.5. The van der Waals surface area contributed by atoms with Crippen molar-refractivity contribution in [2.45, 2.75) is 31.6 Å². The van der Waals surface area contributed by atoms with Crippen LogP contribution in [0.1, 0.15) is 42.2 Å². The molecule has 2 aliphatic rings. The molecule has 3 N–H and O–H groups in total. The number of rotatable bonds is 5. The second-order valence-corrected chi connectivity index (χ2v) is 6.64. The van der Waals surface area contributed by atoms with Gasteiger partial charge in [0.15, 0.2) is 11.6 Å². The molecular weight excluding hydrogens is 374 g/mol. The maximum absolute atomic E-state index is 11.9. The van der Waals surface area contributed by atoms with Crippen LogP contribution < -0.4 is 5.32 Å². The van der Waals surface area contributed by atoms with Crippen molar-refractivity contribution in [2.24, 2.45) is 0 Å². The van der Waals surface area contributed by atoms with Gasteiger partial charge < -0.3 is 24.6 Å². The third-order valence-electron chi connectivity index (χ3n) is 4.15. The van der Waals surface area contributed by atoms with Crippen LogP contribution in [0.2, 0.25) is 0 Å². The van der Waals surface area contributed by atoms with Crippen LogP contribution in [0.25, 0.3) is 0 Å². The number of anilines is 1. The zero-order valence-corrected chi connectivity index (χ0v) is 15.0. The zero-order valence-electron chi connectivity index (χ0n) is 15.0. The van der Waals surface area contributed by atoms with E-state index < -0.39 is 11.9 Å². The molecule has 1 aliphatic heterocycles. The summed E-state index contributed by atoms with van der Waals surface area (Å²) in [6.07, 6.45) is 2.33. The fraction of sp³-hybridized carbons (Fsp3) is 0.500. The number of carboxylic acids is 2. The molecule has 1 aliphatic carbocycles. The summed E-state index contributed by atoms with van der Waals surface area (Å²) in [5, 5.41) is 25.2. The number of nitrogens with one attached hydrogen (secondary N) is 1. The Morgan fingerprint density at radius 1 is 1.14 bits per heavy atom. The van der Waals surface area contributed by atoms with Crippen molar-refractivity contribution in [2.75, 3.05) is 25.0 Å². The number of aliphatic carboxylic acids is 2. The van der Waals surface area contributed by atoms with Crippen LogP contribution in [0.4, 0.5) is 5.82 Å². The van der Waals surface area contributed by atoms with Crippen molar-refractivity contribution in [1.82, 2.24) is 20.2 Å². The molecule has 1 saturated carbocycles. The molecular formula is C16H19N5O7. The zero-order chi connectivity index (χ0) is 20.3. The highest BCUT2D eigenvalue weighted by Crippen LogP contribution is 2.39. The highest BCUT2D eigenvalue weighted by Gasteiger charge is 2.35. The first-order valence-electron chi connectivity index (χ1n) is 8.57. The van der Waals surface area contributed by atoms with Gasteiger partial charge in [0.05, 0.1) is 12.5 Å². The van der Waals surface area contributed by atoms with E-state index in [1.54, 1.807) is 13.0 Å². The molecule has 0 aromatic carbocycles. The minimum atomic E-state index is -1.82. The molecule has 0 bridgehead atoms. The van der Waals surface area contributed by atoms with Crippen molar-refractivity contribution in [3.8, 4) is 0 Å². The van der Waals surface area contributed by atoms with Gasteiger partial charge in [-0.3, -0.25) is 9.69 Å². The molecule has 0 atom stereocenters. The second-order valence-electron chi connectivity index (χ2n) is 6.64. The average Bonchev–Trinajstić information content (AvgIpc) is 3.20. The second kappa shape index (κ2) is 8.17. The smallest absolute Gasteiger partial charge is 0.414 e. The van der Waals surface area contributed by atoms with Gasteiger partial charge in [-0.1, -0.05) is 10.3 Å². The quantitative estimate of drug-likeness (QED) is 0.601. The number of carbonyl (C=O) groups excluding carboxylic acids is 1. The highest BCUT2D eigenvalue weighted by molar-refractivity contribution is 6.27. The van der Waals surface area contributed by atoms with Crippen LogP contribution >= 0.6 is 0 Å². The largest absolute Gasteiger partial charge is 0.473 e. The Balaban J connectivity index is 0.000000330. The Morgan fingerprint density at radius 2 is 1.82 bits per heavy atom. The minimum absolute atomic E-state index is 0.101. The van der Waals surface area contributed by atoms with Gasteiger partial charge in [0.25, 0.3) is 0 Å². The van der Waals surface area contributed by atoms with Gasteiger partial charge in [-0.2, -0.15) is 4.98 Å². The molecule has 28 heavy (non-hydrogen) atoms. The van der Waals surface area contributed by atoms with Crippen molar-refractivity contribution in [3.05, 3.63) is 23.5 Å². The van der Waals surface area contributed by atoms with Crippen LogP contribution in [0.5, 0.6) is 0 Å². The summed E-state index contributed by atoms with van der Waals surface area (Å²) in [5.41, 5.74) is 0. The first-order valence-corrected chi connectivity index (χ1v) is 8.57. The number of carbonyl (C=O) groups is 3. The van der Waals surface area contributed by atoms with Crippen LogP contribution in [-0.2, 0) is 14.4 Å². The summed E-state index contributed by atoms with van der Waals surface area (Å²) < 4.78 is 10.2. The molecule has 150 valence electrons. The molecule has 2 aromatic heterocycles. The monoisotopic (exact) mass is 393 g/mol. The van der Waals surface area contributed by atoms with Crippen molar-refractivity contribution in [3.63, 3.8) is 0 Å². The van der Waals surface area contributed by atoms with E-state index >= 15 is 0 Å². The Morgan fingerprint density at radius 3 is 2.36 bits per heavy atom. The molecule has 3 heterocycles. The van der Waals surface area contributed by atoms with Gasteiger partial charge in [-0.05, 0) is 19.8 Å². The summed E-state index contributed by atoms with van der Waals surface area (Å²) in [6, 6.07) is 1.69. The van der Waals surface area contributed by atoms with Gasteiger partial charge in [0, 0.05) is 25.1 Å². The maximum atomic E-state index is 11.9. The van der Waals surface area contributed by atoms with E-state index in [0.29, 0.717) is 29.9 Å². The molecule has 12 heteroatoms. The molecule has 12 nitrogen and oxygen atoms in total. The fourth-order valence-electron chi connectivity index (χ4n) is 2.59. The van der Waals surface area contributed by atoms with Crippen molar-refractivity contribution >= 4 is 23.7 Å². The lowest BCUT2D eigenvalue weighted by Crippen LogP contribution is -2.48. The molecule has 1 saturated heterocycles. The standard InChI is InChI=1S/C14H17N5O3.C2H2O4/c1-8-4-11(17-21-8)15-12(20)7-19-5-10(6-19)14-16-13(18-22-14)9-2-3-9;3-1(4)2(5)6/h4,9-10H,2-3,5-7H2,1H3,(H,15,17,20);(H,3,4)(H,5,6). The Labute approximate surface area is 158 Å². The SMILES string of the molecule is Cc1cc(NC(=O)CN2CC(c3nc(C4CC4)no3)C2)no1.O=C(O)C(=O)O. The van der Waals surface area contributed by atoms with Crippen LogP contribution in [0, 0.1) is 6.92 Å². The molecule has 2 fully saturated rings. The number of likely N-dealkylation sites (tertiary alicyclic amines) is 1. The third kappa shape index (κ3) is 5.13. The Hall–Kier alpha value is -3.28. The van der Waals surface area contributed by atoms with E-state index in [4.69, 9.17) is 28.8 Å². The lowest BCUT2D eigenvalue weighted by Gasteiger charge is -2.36. The maximum Gasteiger partial charge on any atom is 0.414 e. The normalized spacial score (nSPS) is 16.6. The number of aromatic nitrogens is 3. The first-order chi connectivity index (χ1) is 13.3. The number of amides is 1. The van der Waals surface area contributed by atoms with Crippen LogP contribution in [0.3, 0.4) is 0 Å². The summed E-state index contributed by atoms with van der Waals surface area (Å²) >= 11 is 0. The van der Waals surface area contributed by atoms with Crippen LogP contribution in [0.15, 0.2) is 15.1 Å². The topological polar surface area (TPSA) is 172 Å². The molecule has 4 rings (SSSR count). The van der Waals surface area contributed by atoms with E-state index in [0.717, 1.165) is 31.8 Å². The predicted octanol–water partition coefficient (Wildman–Crippen LogP) is 0.437. The summed E-state index contributed by atoms with van der Waals surface area (Å²) in [6.45, 7) is 3.63. The Bertz CT molecular complexity index is 854. The highest BCUT2D eigenvalue weighted by atomic mass is 16.5. The van der Waals surface area contributed by atoms with Gasteiger partial charge >= 0.3 is 11.9 Å². The van der Waals surface area contributed by atoms with Gasteiger partial charge in [0.1, 0.15) is 5.76 Å². The van der Waals surface area contributed by atoms with Crippen molar-refractivity contribution < 1.29 is 33.6 Å².